The van der Waals surface area contributed by atoms with Crippen molar-refractivity contribution in [3.8, 4) is 0 Å². The SMILES string of the molecule is C=C1C(=CC(Br)=CC)CCN1S(=O)(=O)c1ccc(F)cc1. The van der Waals surface area contributed by atoms with Crippen molar-refractivity contribution in [2.24, 2.45) is 0 Å². The fourth-order valence-corrected chi connectivity index (χ4v) is 3.82. The van der Waals surface area contributed by atoms with Crippen molar-refractivity contribution in [1.82, 2.24) is 4.31 Å². The first-order valence-electron chi connectivity index (χ1n) is 6.36. The van der Waals surface area contributed by atoms with Crippen LogP contribution in [-0.2, 0) is 10.0 Å². The van der Waals surface area contributed by atoms with Gasteiger partial charge in [-0.1, -0.05) is 28.6 Å². The molecule has 1 aromatic carbocycles. The summed E-state index contributed by atoms with van der Waals surface area (Å²) in [5.41, 5.74) is 1.32. The number of halogens is 2. The van der Waals surface area contributed by atoms with Crippen LogP contribution in [0, 0.1) is 5.82 Å². The van der Waals surface area contributed by atoms with E-state index in [1.54, 1.807) is 0 Å². The average molecular weight is 372 g/mol. The van der Waals surface area contributed by atoms with E-state index >= 15 is 0 Å². The number of nitrogens with zero attached hydrogens (tertiary/aromatic N) is 1. The number of hydrogen-bond donors (Lipinski definition) is 0. The summed E-state index contributed by atoms with van der Waals surface area (Å²) in [6.45, 7) is 6.09. The van der Waals surface area contributed by atoms with E-state index in [0.29, 0.717) is 18.7 Å². The first-order chi connectivity index (χ1) is 9.86. The number of sulfonamides is 1. The molecule has 0 amide bonds. The maximum absolute atomic E-state index is 12.9. The van der Waals surface area contributed by atoms with Crippen LogP contribution in [0.2, 0.25) is 0 Å². The van der Waals surface area contributed by atoms with Gasteiger partial charge in [0, 0.05) is 16.7 Å². The Morgan fingerprint density at radius 1 is 1.38 bits per heavy atom. The van der Waals surface area contributed by atoms with Crippen LogP contribution < -0.4 is 0 Å². The van der Waals surface area contributed by atoms with Crippen molar-refractivity contribution < 1.29 is 12.8 Å². The zero-order valence-corrected chi connectivity index (χ0v) is 13.9. The Labute approximate surface area is 132 Å². The number of benzene rings is 1. The lowest BCUT2D eigenvalue weighted by Crippen LogP contribution is -2.26. The zero-order chi connectivity index (χ0) is 15.6. The smallest absolute Gasteiger partial charge is 0.264 e. The standard InChI is InChI=1S/C15H15BrFNO2S/c1-3-13(16)10-12-8-9-18(11(12)2)21(19,20)15-6-4-14(17)5-7-15/h3-7,10H,2,8-9H2,1H3. The van der Waals surface area contributed by atoms with E-state index < -0.39 is 15.8 Å². The molecule has 21 heavy (non-hydrogen) atoms. The van der Waals surface area contributed by atoms with Crippen molar-refractivity contribution in [3.05, 3.63) is 64.6 Å². The summed E-state index contributed by atoms with van der Waals surface area (Å²) >= 11 is 3.37. The van der Waals surface area contributed by atoms with Crippen LogP contribution >= 0.6 is 15.9 Å². The third kappa shape index (κ3) is 3.27. The normalized spacial score (nSPS) is 18.6. The molecule has 1 aliphatic heterocycles. The van der Waals surface area contributed by atoms with Gasteiger partial charge in [-0.05, 0) is 49.3 Å². The molecule has 0 aliphatic carbocycles. The summed E-state index contributed by atoms with van der Waals surface area (Å²) in [5, 5.41) is 0. The van der Waals surface area contributed by atoms with Crippen molar-refractivity contribution >= 4 is 26.0 Å². The van der Waals surface area contributed by atoms with Gasteiger partial charge >= 0.3 is 0 Å². The Balaban J connectivity index is 2.33. The number of hydrogen-bond acceptors (Lipinski definition) is 2. The van der Waals surface area contributed by atoms with E-state index in [2.05, 4.69) is 22.5 Å². The van der Waals surface area contributed by atoms with E-state index in [9.17, 15) is 12.8 Å². The number of rotatable bonds is 3. The van der Waals surface area contributed by atoms with Gasteiger partial charge in [-0.3, -0.25) is 4.31 Å². The molecule has 3 nitrogen and oxygen atoms in total. The van der Waals surface area contributed by atoms with E-state index in [0.717, 1.165) is 22.2 Å². The molecule has 0 spiro atoms. The molecular weight excluding hydrogens is 357 g/mol. The monoisotopic (exact) mass is 371 g/mol. The molecule has 0 bridgehead atoms. The van der Waals surface area contributed by atoms with Crippen molar-refractivity contribution in [2.45, 2.75) is 18.2 Å². The molecule has 2 rings (SSSR count). The summed E-state index contributed by atoms with van der Waals surface area (Å²) in [5.74, 6) is -0.466. The minimum atomic E-state index is -3.69. The van der Waals surface area contributed by atoms with Crippen LogP contribution in [0.5, 0.6) is 0 Å². The van der Waals surface area contributed by atoms with E-state index in [1.807, 2.05) is 19.1 Å². The van der Waals surface area contributed by atoms with Gasteiger partial charge in [-0.25, -0.2) is 12.8 Å². The third-order valence-corrected chi connectivity index (χ3v) is 5.78. The maximum Gasteiger partial charge on any atom is 0.264 e. The highest BCUT2D eigenvalue weighted by Gasteiger charge is 2.31. The summed E-state index contributed by atoms with van der Waals surface area (Å²) in [6, 6.07) is 4.81. The van der Waals surface area contributed by atoms with Crippen LogP contribution in [0.15, 0.2) is 63.6 Å². The molecule has 1 saturated heterocycles. The predicted molar refractivity (Wildman–Crippen MR) is 84.8 cm³/mol. The quantitative estimate of drug-likeness (QED) is 0.806. The average Bonchev–Trinajstić information content (AvgIpc) is 2.81. The van der Waals surface area contributed by atoms with Gasteiger partial charge in [-0.2, -0.15) is 0 Å². The minimum absolute atomic E-state index is 0.0661. The molecular formula is C15H15BrFNO2S. The van der Waals surface area contributed by atoms with Crippen LogP contribution in [-0.4, -0.2) is 19.3 Å². The zero-order valence-electron chi connectivity index (χ0n) is 11.5. The van der Waals surface area contributed by atoms with Gasteiger partial charge in [0.05, 0.1) is 4.90 Å². The Kier molecular flexibility index (Phi) is 4.68. The summed E-state index contributed by atoms with van der Waals surface area (Å²) in [6.07, 6.45) is 4.34. The highest BCUT2D eigenvalue weighted by Crippen LogP contribution is 2.33. The third-order valence-electron chi connectivity index (χ3n) is 3.25. The van der Waals surface area contributed by atoms with Gasteiger partial charge in [0.15, 0.2) is 0 Å². The maximum atomic E-state index is 12.9. The molecule has 0 unspecified atom stereocenters. The number of allylic oxidation sites excluding steroid dienone is 4. The molecule has 112 valence electrons. The van der Waals surface area contributed by atoms with Crippen molar-refractivity contribution in [3.63, 3.8) is 0 Å². The predicted octanol–water partition coefficient (Wildman–Crippen LogP) is 3.96. The van der Waals surface area contributed by atoms with Gasteiger partial charge in [-0.15, -0.1) is 0 Å². The van der Waals surface area contributed by atoms with E-state index in [4.69, 9.17) is 0 Å². The molecule has 0 N–H and O–H groups in total. The van der Waals surface area contributed by atoms with Crippen LogP contribution in [0.1, 0.15) is 13.3 Å². The molecule has 1 aliphatic rings. The molecule has 0 radical (unpaired) electrons. The van der Waals surface area contributed by atoms with Gasteiger partial charge < -0.3 is 0 Å². The van der Waals surface area contributed by atoms with E-state index in [-0.39, 0.29) is 4.90 Å². The fourth-order valence-electron chi connectivity index (χ4n) is 2.07. The Morgan fingerprint density at radius 2 is 2.00 bits per heavy atom. The Morgan fingerprint density at radius 3 is 2.57 bits per heavy atom. The molecule has 0 atom stereocenters. The van der Waals surface area contributed by atoms with E-state index in [1.165, 1.54) is 16.4 Å². The molecule has 0 saturated carbocycles. The van der Waals surface area contributed by atoms with Gasteiger partial charge in [0.25, 0.3) is 10.0 Å². The second kappa shape index (κ2) is 6.15. The second-order valence-electron chi connectivity index (χ2n) is 4.57. The fraction of sp³-hybridized carbons (Fsp3) is 0.200. The highest BCUT2D eigenvalue weighted by atomic mass is 79.9. The lowest BCUT2D eigenvalue weighted by molar-refractivity contribution is 0.511. The topological polar surface area (TPSA) is 37.4 Å². The minimum Gasteiger partial charge on any atom is -0.266 e. The van der Waals surface area contributed by atoms with Gasteiger partial charge in [0.2, 0.25) is 0 Å². The molecule has 1 fully saturated rings. The Hall–Kier alpha value is -1.40. The molecule has 0 aromatic heterocycles. The van der Waals surface area contributed by atoms with Gasteiger partial charge in [0.1, 0.15) is 5.82 Å². The first-order valence-corrected chi connectivity index (χ1v) is 8.59. The Bertz CT molecular complexity index is 721. The molecule has 6 heteroatoms. The lowest BCUT2D eigenvalue weighted by atomic mass is 10.2. The van der Waals surface area contributed by atoms with Crippen molar-refractivity contribution in [2.75, 3.05) is 6.54 Å². The summed E-state index contributed by atoms with van der Waals surface area (Å²) in [7, 11) is -3.69. The highest BCUT2D eigenvalue weighted by molar-refractivity contribution is 9.11. The largest absolute Gasteiger partial charge is 0.266 e. The first kappa shape index (κ1) is 16.0. The second-order valence-corrected chi connectivity index (χ2v) is 7.35. The van der Waals surface area contributed by atoms with Crippen LogP contribution in [0.3, 0.4) is 0 Å². The summed E-state index contributed by atoms with van der Waals surface area (Å²) in [4.78, 5) is 0.0661. The molecule has 1 aromatic rings. The molecule has 1 heterocycles. The van der Waals surface area contributed by atoms with Crippen molar-refractivity contribution in [1.29, 1.82) is 0 Å². The summed E-state index contributed by atoms with van der Waals surface area (Å²) < 4.78 is 40.2. The van der Waals surface area contributed by atoms with Crippen LogP contribution in [0.25, 0.3) is 0 Å². The van der Waals surface area contributed by atoms with Crippen LogP contribution in [0.4, 0.5) is 4.39 Å². The lowest BCUT2D eigenvalue weighted by Gasteiger charge is -2.19.